The Labute approximate surface area is 200 Å². The van der Waals surface area contributed by atoms with Crippen LogP contribution in [0.5, 0.6) is 0 Å². The molecule has 0 heterocycles. The second-order valence-corrected chi connectivity index (χ2v) is 10.7. The van der Waals surface area contributed by atoms with Gasteiger partial charge in [-0.25, -0.2) is 0 Å². The van der Waals surface area contributed by atoms with Crippen molar-refractivity contribution in [2.45, 2.75) is 24.7 Å². The molecule has 32 heavy (non-hydrogen) atoms. The van der Waals surface area contributed by atoms with Crippen molar-refractivity contribution in [1.29, 1.82) is 0 Å². The molecule has 0 fully saturated rings. The molecule has 0 amide bonds. The summed E-state index contributed by atoms with van der Waals surface area (Å²) in [5.41, 5.74) is 5.66. The van der Waals surface area contributed by atoms with Gasteiger partial charge in [0.25, 0.3) is 0 Å². The molecule has 0 bridgehead atoms. The molecule has 2 heteroatoms. The predicted molar refractivity (Wildman–Crippen MR) is 144 cm³/mol. The van der Waals surface area contributed by atoms with Gasteiger partial charge in [-0.1, -0.05) is 143 Å². The molecular formula is C30H30S2. The van der Waals surface area contributed by atoms with Gasteiger partial charge in [0.15, 0.2) is 0 Å². The van der Waals surface area contributed by atoms with Crippen LogP contribution >= 0.6 is 21.6 Å². The molecule has 4 aromatic carbocycles. The lowest BCUT2D eigenvalue weighted by atomic mass is 9.89. The van der Waals surface area contributed by atoms with Crippen LogP contribution in [-0.2, 0) is 0 Å². The number of benzene rings is 4. The molecule has 4 rings (SSSR count). The fraction of sp³-hybridized carbons (Fsp3) is 0.200. The van der Waals surface area contributed by atoms with Gasteiger partial charge in [-0.05, 0) is 35.1 Å². The second kappa shape index (κ2) is 12.6. The summed E-state index contributed by atoms with van der Waals surface area (Å²) in [7, 11) is 4.04. The summed E-state index contributed by atoms with van der Waals surface area (Å²) in [6.45, 7) is 0. The summed E-state index contributed by atoms with van der Waals surface area (Å²) in [5, 5.41) is 0. The van der Waals surface area contributed by atoms with Gasteiger partial charge in [-0.15, -0.1) is 0 Å². The summed E-state index contributed by atoms with van der Waals surface area (Å²) in [6.07, 6.45) is 2.32. The van der Waals surface area contributed by atoms with Crippen LogP contribution in [0.1, 0.15) is 46.9 Å². The van der Waals surface area contributed by atoms with Gasteiger partial charge in [0.05, 0.1) is 0 Å². The first-order chi connectivity index (χ1) is 15.9. The van der Waals surface area contributed by atoms with E-state index in [1.54, 1.807) is 0 Å². The molecule has 0 atom stereocenters. The van der Waals surface area contributed by atoms with E-state index in [2.05, 4.69) is 121 Å². The molecule has 0 aromatic heterocycles. The molecular weight excluding hydrogens is 424 g/mol. The van der Waals surface area contributed by atoms with E-state index in [-0.39, 0.29) is 0 Å². The third kappa shape index (κ3) is 6.54. The zero-order chi connectivity index (χ0) is 21.8. The fourth-order valence-electron chi connectivity index (χ4n) is 4.24. The molecule has 0 aliphatic heterocycles. The summed E-state index contributed by atoms with van der Waals surface area (Å²) in [6, 6.07) is 43.7. The Bertz CT molecular complexity index is 851. The highest BCUT2D eigenvalue weighted by Gasteiger charge is 2.15. The minimum Gasteiger partial charge on any atom is -0.0941 e. The largest absolute Gasteiger partial charge is 0.0941 e. The van der Waals surface area contributed by atoms with Crippen LogP contribution in [0.4, 0.5) is 0 Å². The first-order valence-corrected chi connectivity index (χ1v) is 13.8. The molecule has 0 saturated carbocycles. The van der Waals surface area contributed by atoms with Gasteiger partial charge in [-0.3, -0.25) is 0 Å². The second-order valence-electron chi connectivity index (χ2n) is 7.97. The molecule has 0 nitrogen and oxygen atoms in total. The highest BCUT2D eigenvalue weighted by atomic mass is 33.1. The molecule has 0 aliphatic carbocycles. The maximum atomic E-state index is 2.26. The Balaban J connectivity index is 1.31. The molecule has 162 valence electrons. The van der Waals surface area contributed by atoms with Gasteiger partial charge < -0.3 is 0 Å². The van der Waals surface area contributed by atoms with Crippen molar-refractivity contribution in [3.8, 4) is 0 Å². The van der Waals surface area contributed by atoms with Crippen molar-refractivity contribution >= 4 is 21.6 Å². The monoisotopic (exact) mass is 454 g/mol. The van der Waals surface area contributed by atoms with Crippen LogP contribution in [0.15, 0.2) is 121 Å². The maximum Gasteiger partial charge on any atom is 0.00974 e. The Morgan fingerprint density at radius 3 is 0.875 bits per heavy atom. The zero-order valence-corrected chi connectivity index (χ0v) is 20.0. The van der Waals surface area contributed by atoms with Gasteiger partial charge in [0.1, 0.15) is 0 Å². The molecule has 0 radical (unpaired) electrons. The van der Waals surface area contributed by atoms with E-state index < -0.39 is 0 Å². The van der Waals surface area contributed by atoms with Gasteiger partial charge in [-0.2, -0.15) is 0 Å². The summed E-state index contributed by atoms with van der Waals surface area (Å²) < 4.78 is 0. The van der Waals surface area contributed by atoms with E-state index in [1.807, 2.05) is 21.6 Å². The molecule has 0 spiro atoms. The summed E-state index contributed by atoms with van der Waals surface area (Å²) in [5.74, 6) is 3.24. The van der Waals surface area contributed by atoms with Crippen molar-refractivity contribution in [3.63, 3.8) is 0 Å². The minimum absolute atomic E-state index is 0.465. The van der Waals surface area contributed by atoms with Crippen LogP contribution in [0.3, 0.4) is 0 Å². The Morgan fingerprint density at radius 2 is 0.625 bits per heavy atom. The van der Waals surface area contributed by atoms with Crippen molar-refractivity contribution in [2.24, 2.45) is 0 Å². The van der Waals surface area contributed by atoms with E-state index >= 15 is 0 Å². The Morgan fingerprint density at radius 1 is 0.375 bits per heavy atom. The molecule has 4 aromatic rings. The summed E-state index contributed by atoms with van der Waals surface area (Å²) in [4.78, 5) is 0. The Hall–Kier alpha value is -2.42. The van der Waals surface area contributed by atoms with E-state index in [0.717, 1.165) is 24.3 Å². The maximum absolute atomic E-state index is 2.26. The predicted octanol–water partition coefficient (Wildman–Crippen LogP) is 8.81. The van der Waals surface area contributed by atoms with Crippen molar-refractivity contribution in [2.75, 3.05) is 11.5 Å². The van der Waals surface area contributed by atoms with Gasteiger partial charge in [0, 0.05) is 23.3 Å². The lowest BCUT2D eigenvalue weighted by molar-refractivity contribution is 0.785. The molecule has 0 saturated heterocycles. The molecule has 0 unspecified atom stereocenters. The third-order valence-electron chi connectivity index (χ3n) is 5.87. The van der Waals surface area contributed by atoms with E-state index in [9.17, 15) is 0 Å². The normalized spacial score (nSPS) is 11.2. The lowest BCUT2D eigenvalue weighted by Crippen LogP contribution is -2.03. The zero-order valence-electron chi connectivity index (χ0n) is 18.3. The SMILES string of the molecule is c1ccc(C(CCSSCCC(c2ccccc2)c2ccccc2)c2ccccc2)cc1. The highest BCUT2D eigenvalue weighted by molar-refractivity contribution is 8.76. The smallest absolute Gasteiger partial charge is 0.00974 e. The first kappa shape index (κ1) is 22.8. The number of hydrogen-bond acceptors (Lipinski definition) is 2. The average Bonchev–Trinajstić information content (AvgIpc) is 2.88. The van der Waals surface area contributed by atoms with Crippen molar-refractivity contribution in [1.82, 2.24) is 0 Å². The quantitative estimate of drug-likeness (QED) is 0.164. The van der Waals surface area contributed by atoms with Crippen LogP contribution < -0.4 is 0 Å². The highest BCUT2D eigenvalue weighted by Crippen LogP contribution is 2.35. The summed E-state index contributed by atoms with van der Waals surface area (Å²) >= 11 is 0. The van der Waals surface area contributed by atoms with E-state index in [0.29, 0.717) is 11.8 Å². The van der Waals surface area contributed by atoms with Gasteiger partial charge >= 0.3 is 0 Å². The van der Waals surface area contributed by atoms with E-state index in [4.69, 9.17) is 0 Å². The number of rotatable bonds is 11. The third-order valence-corrected chi connectivity index (χ3v) is 8.34. The molecule has 0 N–H and O–H groups in total. The minimum atomic E-state index is 0.465. The van der Waals surface area contributed by atoms with Crippen molar-refractivity contribution < 1.29 is 0 Å². The van der Waals surface area contributed by atoms with Crippen LogP contribution in [0, 0.1) is 0 Å². The number of hydrogen-bond donors (Lipinski definition) is 0. The van der Waals surface area contributed by atoms with Crippen molar-refractivity contribution in [3.05, 3.63) is 144 Å². The van der Waals surface area contributed by atoms with Crippen LogP contribution in [-0.4, -0.2) is 11.5 Å². The fourth-order valence-corrected chi connectivity index (χ4v) is 6.43. The average molecular weight is 455 g/mol. The van der Waals surface area contributed by atoms with Crippen LogP contribution in [0.25, 0.3) is 0 Å². The topological polar surface area (TPSA) is 0 Å². The molecule has 0 aliphatic rings. The van der Waals surface area contributed by atoms with Crippen LogP contribution in [0.2, 0.25) is 0 Å². The Kier molecular flexibility index (Phi) is 8.94. The van der Waals surface area contributed by atoms with E-state index in [1.165, 1.54) is 22.3 Å². The standard InChI is InChI=1S/C30H30S2/c1-5-13-25(14-6-1)29(26-15-7-2-8-16-26)21-23-31-32-24-22-30(27-17-9-3-10-18-27)28-19-11-4-12-20-28/h1-20,29-30H,21-24H2. The first-order valence-electron chi connectivity index (χ1n) is 11.4. The van der Waals surface area contributed by atoms with Gasteiger partial charge in [0.2, 0.25) is 0 Å². The lowest BCUT2D eigenvalue weighted by Gasteiger charge is -2.19.